The van der Waals surface area contributed by atoms with Crippen LogP contribution in [0.1, 0.15) is 17.3 Å². The van der Waals surface area contributed by atoms with E-state index in [1.54, 1.807) is 11.0 Å². The van der Waals surface area contributed by atoms with Crippen LogP contribution in [0.15, 0.2) is 35.5 Å². The van der Waals surface area contributed by atoms with Gasteiger partial charge in [0, 0.05) is 43.1 Å². The van der Waals surface area contributed by atoms with Gasteiger partial charge in [-0.2, -0.15) is 5.10 Å². The van der Waals surface area contributed by atoms with Crippen LogP contribution < -0.4 is 5.32 Å². The van der Waals surface area contributed by atoms with Gasteiger partial charge in [-0.05, 0) is 11.6 Å². The zero-order chi connectivity index (χ0) is 13.1. The number of hydrogen-bond donors (Lipinski definition) is 1. The number of rotatable bonds is 5. The van der Waals surface area contributed by atoms with Crippen LogP contribution in [-0.2, 0) is 13.5 Å². The second-order valence-corrected chi connectivity index (χ2v) is 5.90. The van der Waals surface area contributed by atoms with Gasteiger partial charge in [-0.1, -0.05) is 18.2 Å². The van der Waals surface area contributed by atoms with Crippen LogP contribution in [0.25, 0.3) is 0 Å². The van der Waals surface area contributed by atoms with Crippen molar-refractivity contribution in [3.05, 3.63) is 42.0 Å². The molecule has 5 heteroatoms. The number of thioether (sulfide) groups is 1. The van der Waals surface area contributed by atoms with Crippen molar-refractivity contribution in [2.75, 3.05) is 18.8 Å². The maximum absolute atomic E-state index is 4.28. The Balaban J connectivity index is 1.46. The Morgan fingerprint density at radius 3 is 3.16 bits per heavy atom. The van der Waals surface area contributed by atoms with Crippen molar-refractivity contribution in [3.63, 3.8) is 0 Å². The summed E-state index contributed by atoms with van der Waals surface area (Å²) in [7, 11) is 1.90. The molecule has 1 N–H and O–H groups in total. The Morgan fingerprint density at radius 1 is 1.42 bits per heavy atom. The second kappa shape index (κ2) is 5.75. The molecule has 0 amide bonds. The minimum atomic E-state index is 0.637. The van der Waals surface area contributed by atoms with E-state index in [4.69, 9.17) is 0 Å². The van der Waals surface area contributed by atoms with E-state index < -0.39 is 0 Å². The molecule has 0 fully saturated rings. The highest BCUT2D eigenvalue weighted by molar-refractivity contribution is 7.99. The van der Waals surface area contributed by atoms with Crippen molar-refractivity contribution < 1.29 is 0 Å². The summed E-state index contributed by atoms with van der Waals surface area (Å²) in [5, 5.41) is 7.80. The third kappa shape index (κ3) is 2.98. The van der Waals surface area contributed by atoms with E-state index >= 15 is 0 Å². The molecule has 0 aliphatic carbocycles. The van der Waals surface area contributed by atoms with Gasteiger partial charge in [0.2, 0.25) is 0 Å². The van der Waals surface area contributed by atoms with Crippen LogP contribution in [0.4, 0.5) is 0 Å². The average molecular weight is 274 g/mol. The van der Waals surface area contributed by atoms with Crippen LogP contribution in [0, 0.1) is 0 Å². The molecule has 1 atom stereocenters. The first kappa shape index (κ1) is 12.7. The summed E-state index contributed by atoms with van der Waals surface area (Å²) in [6.45, 7) is 1.98. The highest BCUT2D eigenvalue weighted by atomic mass is 32.2. The van der Waals surface area contributed by atoms with Crippen LogP contribution >= 0.6 is 11.8 Å². The van der Waals surface area contributed by atoms with Gasteiger partial charge in [0.1, 0.15) is 6.33 Å². The molecule has 19 heavy (non-hydrogen) atoms. The Kier molecular flexibility index (Phi) is 3.84. The van der Waals surface area contributed by atoms with Gasteiger partial charge in [-0.25, -0.2) is 4.98 Å². The largest absolute Gasteiger partial charge is 0.316 e. The monoisotopic (exact) mass is 274 g/mol. The van der Waals surface area contributed by atoms with Crippen molar-refractivity contribution in [1.29, 1.82) is 0 Å². The molecule has 2 aromatic rings. The van der Waals surface area contributed by atoms with Gasteiger partial charge in [-0.3, -0.25) is 4.68 Å². The summed E-state index contributed by atoms with van der Waals surface area (Å²) in [6.07, 6.45) is 2.64. The third-order valence-corrected chi connectivity index (χ3v) is 4.61. The molecule has 4 nitrogen and oxygen atoms in total. The van der Waals surface area contributed by atoms with Crippen molar-refractivity contribution in [2.45, 2.75) is 17.2 Å². The number of hydrogen-bond acceptors (Lipinski definition) is 4. The maximum atomic E-state index is 4.28. The summed E-state index contributed by atoms with van der Waals surface area (Å²) < 4.78 is 1.75. The predicted octanol–water partition coefficient (Wildman–Crippen LogP) is 1.84. The molecule has 0 radical (unpaired) electrons. The number of aromatic nitrogens is 3. The lowest BCUT2D eigenvalue weighted by Gasteiger charge is -2.11. The van der Waals surface area contributed by atoms with E-state index in [0.717, 1.165) is 25.3 Å². The fourth-order valence-electron chi connectivity index (χ4n) is 2.37. The van der Waals surface area contributed by atoms with Crippen LogP contribution in [-0.4, -0.2) is 33.6 Å². The molecule has 0 saturated heterocycles. The molecular formula is C14H18N4S. The SMILES string of the molecule is Cn1cnc(CCNCC2CSc3ccccc32)n1. The smallest absolute Gasteiger partial charge is 0.151 e. The summed E-state index contributed by atoms with van der Waals surface area (Å²) in [4.78, 5) is 5.67. The average Bonchev–Trinajstić information content (AvgIpc) is 3.02. The normalized spacial score (nSPS) is 17.6. The molecule has 1 aliphatic rings. The standard InChI is InChI=1S/C14H18N4S/c1-18-10-16-14(17-18)6-7-15-8-11-9-19-13-5-3-2-4-12(11)13/h2-5,10-11,15H,6-9H2,1H3. The summed E-state index contributed by atoms with van der Waals surface area (Å²) >= 11 is 1.97. The van der Waals surface area contributed by atoms with E-state index in [-0.39, 0.29) is 0 Å². The number of nitrogens with one attached hydrogen (secondary N) is 1. The number of fused-ring (bicyclic) bond motifs is 1. The molecule has 1 aliphatic heterocycles. The lowest BCUT2D eigenvalue weighted by molar-refractivity contribution is 0.610. The van der Waals surface area contributed by atoms with Gasteiger partial charge in [0.15, 0.2) is 5.82 Å². The summed E-state index contributed by atoms with van der Waals surface area (Å²) in [5.41, 5.74) is 1.50. The molecule has 2 heterocycles. The van der Waals surface area contributed by atoms with Crippen molar-refractivity contribution in [1.82, 2.24) is 20.1 Å². The van der Waals surface area contributed by atoms with Gasteiger partial charge in [0.05, 0.1) is 0 Å². The van der Waals surface area contributed by atoms with Crippen molar-refractivity contribution >= 4 is 11.8 Å². The third-order valence-electron chi connectivity index (χ3n) is 3.36. The van der Waals surface area contributed by atoms with Crippen molar-refractivity contribution in [3.8, 4) is 0 Å². The molecule has 0 bridgehead atoms. The van der Waals surface area contributed by atoms with Crippen LogP contribution in [0.3, 0.4) is 0 Å². The summed E-state index contributed by atoms with van der Waals surface area (Å²) in [6, 6.07) is 8.73. The highest BCUT2D eigenvalue weighted by Crippen LogP contribution is 2.38. The Labute approximate surface area is 117 Å². The molecule has 3 rings (SSSR count). The predicted molar refractivity (Wildman–Crippen MR) is 77.5 cm³/mol. The first-order valence-electron chi connectivity index (χ1n) is 6.60. The molecule has 0 spiro atoms. The quantitative estimate of drug-likeness (QED) is 0.845. The van der Waals surface area contributed by atoms with Gasteiger partial charge in [0.25, 0.3) is 0 Å². The van der Waals surface area contributed by atoms with Gasteiger partial charge in [-0.15, -0.1) is 11.8 Å². The first-order chi connectivity index (χ1) is 9.33. The molecule has 0 saturated carbocycles. The zero-order valence-electron chi connectivity index (χ0n) is 11.0. The second-order valence-electron chi connectivity index (χ2n) is 4.83. The summed E-state index contributed by atoms with van der Waals surface area (Å²) in [5.74, 6) is 2.74. The molecule has 1 aromatic carbocycles. The van der Waals surface area contributed by atoms with E-state index in [1.807, 2.05) is 18.8 Å². The minimum absolute atomic E-state index is 0.637. The van der Waals surface area contributed by atoms with E-state index in [0.29, 0.717) is 5.92 Å². The molecule has 1 aromatic heterocycles. The van der Waals surface area contributed by atoms with Crippen LogP contribution in [0.2, 0.25) is 0 Å². The molecule has 1 unspecified atom stereocenters. The molecular weight excluding hydrogens is 256 g/mol. The van der Waals surface area contributed by atoms with Gasteiger partial charge >= 0.3 is 0 Å². The molecule has 100 valence electrons. The first-order valence-corrected chi connectivity index (χ1v) is 7.58. The van der Waals surface area contributed by atoms with Crippen LogP contribution in [0.5, 0.6) is 0 Å². The van der Waals surface area contributed by atoms with Crippen molar-refractivity contribution in [2.24, 2.45) is 7.05 Å². The van der Waals surface area contributed by atoms with E-state index in [2.05, 4.69) is 39.7 Å². The zero-order valence-corrected chi connectivity index (χ0v) is 11.9. The van der Waals surface area contributed by atoms with Gasteiger partial charge < -0.3 is 5.32 Å². The fourth-order valence-corrected chi connectivity index (χ4v) is 3.63. The lowest BCUT2D eigenvalue weighted by atomic mass is 10.0. The number of aryl methyl sites for hydroxylation is 1. The van der Waals surface area contributed by atoms with E-state index in [9.17, 15) is 0 Å². The maximum Gasteiger partial charge on any atom is 0.151 e. The Hall–Kier alpha value is -1.33. The Bertz CT molecular complexity index is 552. The fraction of sp³-hybridized carbons (Fsp3) is 0.429. The highest BCUT2D eigenvalue weighted by Gasteiger charge is 2.21. The number of benzene rings is 1. The van der Waals surface area contributed by atoms with E-state index in [1.165, 1.54) is 16.2 Å². The topological polar surface area (TPSA) is 42.7 Å². The Morgan fingerprint density at radius 2 is 2.32 bits per heavy atom. The lowest BCUT2D eigenvalue weighted by Crippen LogP contribution is -2.24. The number of nitrogens with zero attached hydrogens (tertiary/aromatic N) is 3. The minimum Gasteiger partial charge on any atom is -0.316 e.